The molecular weight excluding hydrogens is 450 g/mol. The van der Waals surface area contributed by atoms with Crippen molar-refractivity contribution in [1.29, 1.82) is 0 Å². The van der Waals surface area contributed by atoms with Crippen LogP contribution in [0.3, 0.4) is 0 Å². The van der Waals surface area contributed by atoms with Gasteiger partial charge in [-0.3, -0.25) is 9.51 Å². The summed E-state index contributed by atoms with van der Waals surface area (Å²) >= 11 is 0. The van der Waals surface area contributed by atoms with Gasteiger partial charge in [0.25, 0.3) is 0 Å². The lowest BCUT2D eigenvalue weighted by molar-refractivity contribution is 0.385. The molecule has 5 aromatic rings. The molecule has 2 aliphatic rings. The third-order valence-electron chi connectivity index (χ3n) is 7.38. The van der Waals surface area contributed by atoms with Crippen molar-refractivity contribution in [3.05, 3.63) is 111 Å². The van der Waals surface area contributed by atoms with Gasteiger partial charge in [-0.1, -0.05) is 47.6 Å². The zero-order valence-corrected chi connectivity index (χ0v) is 20.0. The molecule has 0 atom stereocenters. The number of aromatic amines is 1. The fourth-order valence-electron chi connectivity index (χ4n) is 5.47. The lowest BCUT2D eigenvalue weighted by Crippen LogP contribution is -2.06. The zero-order chi connectivity index (χ0) is 24.2. The van der Waals surface area contributed by atoms with Crippen molar-refractivity contribution >= 4 is 22.3 Å². The molecule has 0 aliphatic heterocycles. The first-order valence-corrected chi connectivity index (χ1v) is 12.4. The van der Waals surface area contributed by atoms with Crippen molar-refractivity contribution in [1.82, 2.24) is 24.7 Å². The predicted octanol–water partition coefficient (Wildman–Crippen LogP) is 5.11. The Hall–Kier alpha value is -4.26. The Morgan fingerprint density at radius 2 is 1.89 bits per heavy atom. The Bertz CT molecular complexity index is 1720. The molecule has 0 saturated heterocycles. The standard InChI is InChI=1S/C29H25N5O2/c1-17(26-32-29(35)36-33-26)25-22-6-3-2-5-19(22)9-12-21-15-18(8-13-23(21)25)16-34-27(20-10-11-20)31-24-7-4-14-30-28(24)34/h2-8,13-15,20H,9-12,16H2,1H3,(H,32,33,35). The highest BCUT2D eigenvalue weighted by molar-refractivity contribution is 5.98. The van der Waals surface area contributed by atoms with E-state index in [1.165, 1.54) is 40.7 Å². The lowest BCUT2D eigenvalue weighted by Gasteiger charge is -2.16. The largest absolute Gasteiger partial charge is 0.439 e. The van der Waals surface area contributed by atoms with Gasteiger partial charge in [0.15, 0.2) is 11.5 Å². The van der Waals surface area contributed by atoms with Crippen molar-refractivity contribution in [3.63, 3.8) is 0 Å². The average Bonchev–Trinajstić information content (AvgIpc) is 3.59. The number of pyridine rings is 1. The van der Waals surface area contributed by atoms with E-state index in [1.807, 2.05) is 25.3 Å². The summed E-state index contributed by atoms with van der Waals surface area (Å²) in [5.74, 6) is 1.61. The van der Waals surface area contributed by atoms with Gasteiger partial charge >= 0.3 is 5.76 Å². The van der Waals surface area contributed by atoms with Crippen LogP contribution in [0.1, 0.15) is 65.1 Å². The highest BCUT2D eigenvalue weighted by atomic mass is 16.5. The van der Waals surface area contributed by atoms with E-state index in [0.29, 0.717) is 11.7 Å². The molecule has 0 bridgehead atoms. The van der Waals surface area contributed by atoms with Crippen LogP contribution in [0.5, 0.6) is 0 Å². The van der Waals surface area contributed by atoms with Gasteiger partial charge < -0.3 is 4.57 Å². The fraction of sp³-hybridized carbons (Fsp3) is 0.241. The van der Waals surface area contributed by atoms with Crippen LogP contribution < -0.4 is 5.76 Å². The minimum Gasteiger partial charge on any atom is -0.308 e. The van der Waals surface area contributed by atoms with Gasteiger partial charge in [-0.2, -0.15) is 0 Å². The first-order valence-electron chi connectivity index (χ1n) is 12.4. The molecule has 7 nitrogen and oxygen atoms in total. The molecule has 0 radical (unpaired) electrons. The number of imidazole rings is 1. The van der Waals surface area contributed by atoms with Crippen molar-refractivity contribution < 1.29 is 4.52 Å². The first kappa shape index (κ1) is 21.1. The molecule has 3 aromatic heterocycles. The van der Waals surface area contributed by atoms with Gasteiger partial charge in [-0.25, -0.2) is 14.8 Å². The van der Waals surface area contributed by atoms with Crippen molar-refractivity contribution in [3.8, 4) is 0 Å². The number of nitrogens with one attached hydrogen (secondary N) is 1. The minimum absolute atomic E-state index is 0.465. The van der Waals surface area contributed by atoms with Crippen LogP contribution in [0.2, 0.25) is 0 Å². The Kier molecular flexibility index (Phi) is 4.77. The summed E-state index contributed by atoms with van der Waals surface area (Å²) < 4.78 is 7.12. The molecule has 7 rings (SSSR count). The number of hydrogen-bond acceptors (Lipinski definition) is 5. The lowest BCUT2D eigenvalue weighted by atomic mass is 9.89. The van der Waals surface area contributed by atoms with E-state index in [-0.39, 0.29) is 0 Å². The third-order valence-corrected chi connectivity index (χ3v) is 7.38. The second-order valence-corrected chi connectivity index (χ2v) is 9.77. The van der Waals surface area contributed by atoms with Crippen molar-refractivity contribution in [2.24, 2.45) is 0 Å². The molecule has 1 fully saturated rings. The second-order valence-electron chi connectivity index (χ2n) is 9.77. The maximum absolute atomic E-state index is 11.7. The number of benzene rings is 2. The topological polar surface area (TPSA) is 89.6 Å². The van der Waals surface area contributed by atoms with Crippen molar-refractivity contribution in [2.45, 2.75) is 45.1 Å². The molecule has 178 valence electrons. The van der Waals surface area contributed by atoms with Gasteiger partial charge in [0.2, 0.25) is 0 Å². The van der Waals surface area contributed by atoms with E-state index in [9.17, 15) is 4.79 Å². The van der Waals surface area contributed by atoms with Crippen LogP contribution in [0, 0.1) is 0 Å². The van der Waals surface area contributed by atoms with Gasteiger partial charge in [0.1, 0.15) is 11.3 Å². The van der Waals surface area contributed by atoms with Crippen LogP contribution in [0.25, 0.3) is 22.3 Å². The van der Waals surface area contributed by atoms with E-state index in [4.69, 9.17) is 9.51 Å². The van der Waals surface area contributed by atoms with E-state index >= 15 is 0 Å². The molecule has 7 heteroatoms. The van der Waals surface area contributed by atoms with Gasteiger partial charge in [0, 0.05) is 17.7 Å². The molecule has 1 saturated carbocycles. The molecule has 2 aliphatic carbocycles. The number of allylic oxidation sites excluding steroid dienone is 1. The van der Waals surface area contributed by atoms with E-state index in [2.05, 4.69) is 62.2 Å². The second kappa shape index (κ2) is 8.16. The summed E-state index contributed by atoms with van der Waals surface area (Å²) in [6, 6.07) is 19.2. The Balaban J connectivity index is 1.36. The third kappa shape index (κ3) is 3.50. The summed E-state index contributed by atoms with van der Waals surface area (Å²) in [4.78, 5) is 24.0. The molecule has 0 spiro atoms. The van der Waals surface area contributed by atoms with Crippen LogP contribution in [-0.4, -0.2) is 24.7 Å². The van der Waals surface area contributed by atoms with E-state index < -0.39 is 5.76 Å². The van der Waals surface area contributed by atoms with Crippen LogP contribution in [0.15, 0.2) is 70.1 Å². The van der Waals surface area contributed by atoms with E-state index in [1.54, 1.807) is 0 Å². The highest BCUT2D eigenvalue weighted by Crippen LogP contribution is 2.41. The number of hydrogen-bond donors (Lipinski definition) is 1. The van der Waals surface area contributed by atoms with E-state index in [0.717, 1.165) is 47.5 Å². The Labute approximate surface area is 207 Å². The molecular formula is C29H25N5O2. The molecule has 0 amide bonds. The summed E-state index contributed by atoms with van der Waals surface area (Å²) in [5.41, 5.74) is 10.0. The molecule has 3 heterocycles. The average molecular weight is 476 g/mol. The van der Waals surface area contributed by atoms with Gasteiger partial charge in [0.05, 0.1) is 6.54 Å². The van der Waals surface area contributed by atoms with Gasteiger partial charge in [-0.05, 0) is 78.1 Å². The summed E-state index contributed by atoms with van der Waals surface area (Å²) in [5, 5.41) is 3.98. The van der Waals surface area contributed by atoms with Crippen LogP contribution in [0.4, 0.5) is 0 Å². The Morgan fingerprint density at radius 1 is 1.06 bits per heavy atom. The first-order chi connectivity index (χ1) is 17.7. The zero-order valence-electron chi connectivity index (χ0n) is 20.0. The van der Waals surface area contributed by atoms with Crippen LogP contribution in [-0.2, 0) is 19.4 Å². The quantitative estimate of drug-likeness (QED) is 0.390. The molecule has 1 N–H and O–H groups in total. The monoisotopic (exact) mass is 475 g/mol. The molecule has 2 aromatic carbocycles. The summed E-state index contributed by atoms with van der Waals surface area (Å²) in [7, 11) is 0. The number of fused-ring (bicyclic) bond motifs is 3. The van der Waals surface area contributed by atoms with Crippen molar-refractivity contribution in [2.75, 3.05) is 0 Å². The van der Waals surface area contributed by atoms with Gasteiger partial charge in [-0.15, -0.1) is 0 Å². The smallest absolute Gasteiger partial charge is 0.308 e. The number of aryl methyl sites for hydroxylation is 2. The number of rotatable bonds is 4. The summed E-state index contributed by atoms with van der Waals surface area (Å²) in [6.07, 6.45) is 6.12. The normalized spacial score (nSPS) is 16.5. The molecule has 36 heavy (non-hydrogen) atoms. The predicted molar refractivity (Wildman–Crippen MR) is 138 cm³/mol. The maximum Gasteiger partial charge on any atom is 0.439 e. The number of H-pyrrole nitrogens is 1. The highest BCUT2D eigenvalue weighted by Gasteiger charge is 2.30. The minimum atomic E-state index is -0.546. The SMILES string of the molecule is CC(=C1c2ccccc2CCc2cc(Cn3c(C4CC4)nc4cccnc43)ccc21)c1noc(=O)[nH]1. The number of aromatic nitrogens is 5. The fourth-order valence-corrected chi connectivity index (χ4v) is 5.47. The maximum atomic E-state index is 11.7. The Morgan fingerprint density at radius 3 is 2.72 bits per heavy atom. The molecule has 0 unspecified atom stereocenters. The number of nitrogens with zero attached hydrogens (tertiary/aromatic N) is 4. The summed E-state index contributed by atoms with van der Waals surface area (Å²) in [6.45, 7) is 2.74. The van der Waals surface area contributed by atoms with Crippen LogP contribution >= 0.6 is 0 Å².